The predicted octanol–water partition coefficient (Wildman–Crippen LogP) is 1.55. The van der Waals surface area contributed by atoms with Crippen LogP contribution in [0.15, 0.2) is 60.7 Å². The highest BCUT2D eigenvalue weighted by Crippen LogP contribution is 2.33. The molecule has 5 amide bonds. The summed E-state index contributed by atoms with van der Waals surface area (Å²) in [6.07, 6.45) is 0. The highest BCUT2D eigenvalue weighted by Gasteiger charge is 2.50. The Morgan fingerprint density at radius 1 is 1.11 bits per heavy atom. The number of aromatic nitrogens is 1. The molecule has 10 nitrogen and oxygen atoms in total. The highest BCUT2D eigenvalue weighted by molar-refractivity contribution is 6.08. The second-order valence-electron chi connectivity index (χ2n) is 8.35. The summed E-state index contributed by atoms with van der Waals surface area (Å²) >= 11 is 0. The molecule has 176 valence electrons. The van der Waals surface area contributed by atoms with E-state index in [9.17, 15) is 19.2 Å². The summed E-state index contributed by atoms with van der Waals surface area (Å²) in [7, 11) is 1.52. The van der Waals surface area contributed by atoms with Crippen LogP contribution in [0.3, 0.4) is 0 Å². The zero-order valence-corrected chi connectivity index (χ0v) is 18.7. The quantitative estimate of drug-likeness (QED) is 0.466. The molecule has 4 N–H and O–H groups in total. The number of benzene rings is 2. The largest absolute Gasteiger partial charge is 0.497 e. The smallest absolute Gasteiger partial charge is 0.322 e. The number of urea groups is 1. The Bertz CT molecular complexity index is 1390. The molecule has 1 aromatic heterocycles. The topological polar surface area (TPSA) is 144 Å². The van der Waals surface area contributed by atoms with Crippen LogP contribution in [0.5, 0.6) is 5.75 Å². The van der Waals surface area contributed by atoms with Crippen molar-refractivity contribution >= 4 is 23.8 Å². The summed E-state index contributed by atoms with van der Waals surface area (Å²) < 4.78 is 5.22. The van der Waals surface area contributed by atoms with Crippen LogP contribution in [0.1, 0.15) is 32.0 Å². The lowest BCUT2D eigenvalue weighted by Gasteiger charge is -2.31. The van der Waals surface area contributed by atoms with Crippen LogP contribution in [0.25, 0.3) is 11.3 Å². The van der Waals surface area contributed by atoms with Gasteiger partial charge in [0.25, 0.3) is 17.7 Å². The van der Waals surface area contributed by atoms with Gasteiger partial charge in [-0.3, -0.25) is 19.7 Å². The molecule has 0 spiro atoms. The summed E-state index contributed by atoms with van der Waals surface area (Å²) in [6.45, 7) is 0.236. The standard InChI is InChI=1S/C25H21N5O5/c1-35-17-10-7-15-12-30(22(32)18(15)11-17)13-25(23(33)28-24(34)29-25)16-8-5-14(6-9-16)19-3-2-4-20(27-19)21(26)31/h2-11H,12-13H2,1H3,(H2,26,31)(H2,28,29,33,34). The number of nitrogens with two attached hydrogens (primary N) is 1. The van der Waals surface area contributed by atoms with Crippen LogP contribution < -0.4 is 21.1 Å². The highest BCUT2D eigenvalue weighted by atomic mass is 16.5. The number of carbonyl (C=O) groups is 4. The second-order valence-corrected chi connectivity index (χ2v) is 8.35. The first-order valence-corrected chi connectivity index (χ1v) is 10.8. The van der Waals surface area contributed by atoms with Crippen molar-refractivity contribution in [2.75, 3.05) is 13.7 Å². The molecule has 1 unspecified atom stereocenters. The second kappa shape index (κ2) is 8.24. The van der Waals surface area contributed by atoms with Gasteiger partial charge in [0.2, 0.25) is 0 Å². The van der Waals surface area contributed by atoms with Gasteiger partial charge >= 0.3 is 6.03 Å². The molecule has 0 bridgehead atoms. The Kier molecular flexibility index (Phi) is 5.20. The molecular weight excluding hydrogens is 450 g/mol. The van der Waals surface area contributed by atoms with Gasteiger partial charge < -0.3 is 20.7 Å². The third-order valence-corrected chi connectivity index (χ3v) is 6.24. The normalized spacial score (nSPS) is 18.8. The zero-order valence-electron chi connectivity index (χ0n) is 18.7. The minimum atomic E-state index is -1.47. The van der Waals surface area contributed by atoms with Crippen LogP contribution in [0, 0.1) is 0 Å². The number of pyridine rings is 1. The van der Waals surface area contributed by atoms with Crippen molar-refractivity contribution in [2.45, 2.75) is 12.1 Å². The maximum atomic E-state index is 13.1. The number of methoxy groups -OCH3 is 1. The van der Waals surface area contributed by atoms with Crippen molar-refractivity contribution in [3.63, 3.8) is 0 Å². The molecule has 0 aliphatic carbocycles. The van der Waals surface area contributed by atoms with Crippen LogP contribution >= 0.6 is 0 Å². The van der Waals surface area contributed by atoms with Crippen LogP contribution in [0.2, 0.25) is 0 Å². The number of ether oxygens (including phenoxy) is 1. The number of nitrogens with zero attached hydrogens (tertiary/aromatic N) is 2. The minimum Gasteiger partial charge on any atom is -0.497 e. The Labute approximate surface area is 200 Å². The third kappa shape index (κ3) is 3.74. The Hall–Kier alpha value is -4.73. The van der Waals surface area contributed by atoms with E-state index in [4.69, 9.17) is 10.5 Å². The SMILES string of the molecule is COc1ccc2c(c1)C(=O)N(CC1(c3ccc(-c4cccc(C(N)=O)n4)cc3)NC(=O)NC1=O)C2. The van der Waals surface area contributed by atoms with E-state index in [-0.39, 0.29) is 18.1 Å². The van der Waals surface area contributed by atoms with Crippen molar-refractivity contribution in [3.8, 4) is 17.0 Å². The van der Waals surface area contributed by atoms with Gasteiger partial charge in [0.1, 0.15) is 11.4 Å². The number of hydrogen-bond donors (Lipinski definition) is 3. The molecule has 0 radical (unpaired) electrons. The molecule has 2 aliphatic rings. The van der Waals surface area contributed by atoms with Gasteiger partial charge in [-0.2, -0.15) is 0 Å². The van der Waals surface area contributed by atoms with E-state index in [2.05, 4.69) is 15.6 Å². The molecule has 2 aliphatic heterocycles. The molecule has 2 aromatic carbocycles. The fraction of sp³-hybridized carbons (Fsp3) is 0.160. The lowest BCUT2D eigenvalue weighted by molar-refractivity contribution is -0.124. The third-order valence-electron chi connectivity index (χ3n) is 6.24. The molecule has 35 heavy (non-hydrogen) atoms. The van der Waals surface area contributed by atoms with Crippen molar-refractivity contribution in [1.82, 2.24) is 20.5 Å². The number of rotatable bonds is 6. The summed E-state index contributed by atoms with van der Waals surface area (Å²) in [5.74, 6) is -0.881. The molecule has 5 rings (SSSR count). The number of carbonyl (C=O) groups excluding carboxylic acids is 4. The van der Waals surface area contributed by atoms with Crippen molar-refractivity contribution in [1.29, 1.82) is 0 Å². The Balaban J connectivity index is 1.47. The first-order chi connectivity index (χ1) is 16.8. The van der Waals surface area contributed by atoms with Crippen molar-refractivity contribution in [3.05, 3.63) is 83.0 Å². The number of imide groups is 1. The monoisotopic (exact) mass is 471 g/mol. The maximum Gasteiger partial charge on any atom is 0.322 e. The average Bonchev–Trinajstić information content (AvgIpc) is 3.33. The van der Waals surface area contributed by atoms with Gasteiger partial charge in [0.15, 0.2) is 5.54 Å². The van der Waals surface area contributed by atoms with E-state index >= 15 is 0 Å². The summed E-state index contributed by atoms with van der Waals surface area (Å²) in [4.78, 5) is 55.6. The molecule has 10 heteroatoms. The summed E-state index contributed by atoms with van der Waals surface area (Å²) in [5, 5.41) is 5.01. The van der Waals surface area contributed by atoms with Crippen molar-refractivity contribution < 1.29 is 23.9 Å². The van der Waals surface area contributed by atoms with Crippen LogP contribution in [-0.2, 0) is 16.9 Å². The van der Waals surface area contributed by atoms with E-state index in [1.54, 1.807) is 48.5 Å². The molecule has 1 atom stereocenters. The van der Waals surface area contributed by atoms with Gasteiger partial charge in [0, 0.05) is 17.7 Å². The fourth-order valence-electron chi connectivity index (χ4n) is 4.44. The minimum absolute atomic E-state index is 0.0604. The van der Waals surface area contributed by atoms with E-state index in [0.29, 0.717) is 34.7 Å². The average molecular weight is 471 g/mol. The number of amides is 5. The van der Waals surface area contributed by atoms with Gasteiger partial charge in [-0.25, -0.2) is 9.78 Å². The van der Waals surface area contributed by atoms with Gasteiger partial charge in [-0.15, -0.1) is 0 Å². The van der Waals surface area contributed by atoms with E-state index in [1.807, 2.05) is 6.07 Å². The van der Waals surface area contributed by atoms with Gasteiger partial charge in [-0.1, -0.05) is 36.4 Å². The van der Waals surface area contributed by atoms with E-state index < -0.39 is 23.4 Å². The summed E-state index contributed by atoms with van der Waals surface area (Å²) in [6, 6.07) is 16.4. The van der Waals surface area contributed by atoms with Gasteiger partial charge in [-0.05, 0) is 35.4 Å². The van der Waals surface area contributed by atoms with Crippen LogP contribution in [-0.4, -0.2) is 47.3 Å². The van der Waals surface area contributed by atoms with E-state index in [1.165, 1.54) is 18.1 Å². The predicted molar refractivity (Wildman–Crippen MR) is 124 cm³/mol. The fourth-order valence-corrected chi connectivity index (χ4v) is 4.44. The van der Waals surface area contributed by atoms with E-state index in [0.717, 1.165) is 5.56 Å². The van der Waals surface area contributed by atoms with Gasteiger partial charge in [0.05, 0.1) is 19.3 Å². The lowest BCUT2D eigenvalue weighted by atomic mass is 9.88. The molecule has 3 heterocycles. The molecule has 3 aromatic rings. The summed E-state index contributed by atoms with van der Waals surface area (Å²) in [5.41, 5.74) is 7.01. The van der Waals surface area contributed by atoms with Crippen molar-refractivity contribution in [2.24, 2.45) is 5.73 Å². The number of nitrogens with one attached hydrogen (secondary N) is 2. The Morgan fingerprint density at radius 3 is 2.54 bits per heavy atom. The number of primary amides is 1. The first kappa shape index (κ1) is 22.1. The molecule has 0 saturated carbocycles. The first-order valence-electron chi connectivity index (χ1n) is 10.8. The van der Waals surface area contributed by atoms with Crippen LogP contribution in [0.4, 0.5) is 4.79 Å². The lowest BCUT2D eigenvalue weighted by Crippen LogP contribution is -2.52. The number of fused-ring (bicyclic) bond motifs is 1. The zero-order chi connectivity index (χ0) is 24.7. The molecule has 1 saturated heterocycles. The molecular formula is C25H21N5O5. The molecule has 1 fully saturated rings. The Morgan fingerprint density at radius 2 is 1.89 bits per heavy atom. The number of hydrogen-bond acceptors (Lipinski definition) is 6. The maximum absolute atomic E-state index is 13.1.